The van der Waals surface area contributed by atoms with Crippen molar-refractivity contribution in [3.63, 3.8) is 0 Å². The third-order valence-electron chi connectivity index (χ3n) is 4.23. The number of ether oxygens (including phenoxy) is 1. The van der Waals surface area contributed by atoms with Crippen molar-refractivity contribution in [3.8, 4) is 0 Å². The van der Waals surface area contributed by atoms with Gasteiger partial charge in [-0.05, 0) is 43.7 Å². The number of hydrogen-bond donors (Lipinski definition) is 2. The first-order valence-electron chi connectivity index (χ1n) is 7.19. The van der Waals surface area contributed by atoms with E-state index < -0.39 is 5.60 Å². The highest BCUT2D eigenvalue weighted by Crippen LogP contribution is 2.31. The van der Waals surface area contributed by atoms with E-state index in [1.54, 1.807) is 6.92 Å². The van der Waals surface area contributed by atoms with Crippen molar-refractivity contribution in [2.24, 2.45) is 17.6 Å². The van der Waals surface area contributed by atoms with E-state index in [1.807, 2.05) is 30.3 Å². The largest absolute Gasteiger partial charge is 0.383 e. The molecule has 1 aromatic rings. The maximum Gasteiger partial charge on any atom is 0.110 e. The van der Waals surface area contributed by atoms with E-state index in [0.29, 0.717) is 25.0 Å². The highest BCUT2D eigenvalue weighted by molar-refractivity contribution is 5.21. The average molecular weight is 263 g/mol. The van der Waals surface area contributed by atoms with E-state index in [4.69, 9.17) is 10.5 Å². The van der Waals surface area contributed by atoms with Crippen LogP contribution >= 0.6 is 0 Å². The molecule has 1 aliphatic carbocycles. The predicted molar refractivity (Wildman–Crippen MR) is 76.7 cm³/mol. The van der Waals surface area contributed by atoms with Crippen molar-refractivity contribution >= 4 is 0 Å². The van der Waals surface area contributed by atoms with Gasteiger partial charge in [0.05, 0.1) is 6.61 Å². The van der Waals surface area contributed by atoms with Crippen LogP contribution in [0.15, 0.2) is 30.3 Å². The molecule has 0 bridgehead atoms. The lowest BCUT2D eigenvalue weighted by Crippen LogP contribution is -2.30. The van der Waals surface area contributed by atoms with Gasteiger partial charge in [0, 0.05) is 6.61 Å². The van der Waals surface area contributed by atoms with E-state index in [2.05, 4.69) is 0 Å². The summed E-state index contributed by atoms with van der Waals surface area (Å²) < 4.78 is 5.76. The zero-order chi connectivity index (χ0) is 13.7. The lowest BCUT2D eigenvalue weighted by Gasteiger charge is -2.25. The molecule has 1 aromatic carbocycles. The lowest BCUT2D eigenvalue weighted by atomic mass is 9.96. The van der Waals surface area contributed by atoms with Crippen molar-refractivity contribution in [1.82, 2.24) is 0 Å². The first-order valence-corrected chi connectivity index (χ1v) is 7.19. The molecule has 0 spiro atoms. The molecule has 0 heterocycles. The van der Waals surface area contributed by atoms with Crippen molar-refractivity contribution in [2.75, 3.05) is 19.8 Å². The molecule has 106 valence electrons. The van der Waals surface area contributed by atoms with Gasteiger partial charge in [-0.15, -0.1) is 0 Å². The van der Waals surface area contributed by atoms with Gasteiger partial charge < -0.3 is 15.6 Å². The quantitative estimate of drug-likeness (QED) is 0.828. The third-order valence-corrected chi connectivity index (χ3v) is 4.23. The molecule has 3 heteroatoms. The third kappa shape index (κ3) is 3.78. The van der Waals surface area contributed by atoms with Crippen LogP contribution in [-0.4, -0.2) is 24.9 Å². The standard InChI is InChI=1S/C16H25NO2/c1-16(18,15-8-3-2-4-9-15)12-19-11-14-7-5-6-13(14)10-17/h2-4,8-9,13-14,18H,5-7,10-12,17H2,1H3. The zero-order valence-corrected chi connectivity index (χ0v) is 11.7. The van der Waals surface area contributed by atoms with Gasteiger partial charge in [0.1, 0.15) is 5.60 Å². The Morgan fingerprint density at radius 2 is 1.95 bits per heavy atom. The minimum atomic E-state index is -0.919. The van der Waals surface area contributed by atoms with E-state index in [0.717, 1.165) is 12.1 Å². The van der Waals surface area contributed by atoms with Crippen LogP contribution in [0.4, 0.5) is 0 Å². The second-order valence-electron chi connectivity index (χ2n) is 5.84. The molecule has 0 amide bonds. The smallest absolute Gasteiger partial charge is 0.110 e. The minimum Gasteiger partial charge on any atom is -0.383 e. The van der Waals surface area contributed by atoms with Gasteiger partial charge in [-0.3, -0.25) is 0 Å². The van der Waals surface area contributed by atoms with Crippen LogP contribution in [0, 0.1) is 11.8 Å². The Morgan fingerprint density at radius 3 is 2.63 bits per heavy atom. The van der Waals surface area contributed by atoms with E-state index in [9.17, 15) is 5.11 Å². The molecule has 0 radical (unpaired) electrons. The van der Waals surface area contributed by atoms with E-state index >= 15 is 0 Å². The number of benzene rings is 1. The van der Waals surface area contributed by atoms with Gasteiger partial charge in [-0.1, -0.05) is 36.8 Å². The van der Waals surface area contributed by atoms with Crippen molar-refractivity contribution < 1.29 is 9.84 Å². The fourth-order valence-corrected chi connectivity index (χ4v) is 2.93. The molecular weight excluding hydrogens is 238 g/mol. The Kier molecular flexibility index (Phi) is 4.97. The van der Waals surface area contributed by atoms with Gasteiger partial charge in [0.2, 0.25) is 0 Å². The summed E-state index contributed by atoms with van der Waals surface area (Å²) >= 11 is 0. The molecule has 3 nitrogen and oxygen atoms in total. The fraction of sp³-hybridized carbons (Fsp3) is 0.625. The molecule has 1 aliphatic rings. The van der Waals surface area contributed by atoms with Gasteiger partial charge >= 0.3 is 0 Å². The summed E-state index contributed by atoms with van der Waals surface area (Å²) in [5, 5.41) is 10.4. The van der Waals surface area contributed by atoms with Crippen LogP contribution in [0.25, 0.3) is 0 Å². The maximum absolute atomic E-state index is 10.4. The average Bonchev–Trinajstić information content (AvgIpc) is 2.87. The Hall–Kier alpha value is -0.900. The van der Waals surface area contributed by atoms with E-state index in [1.165, 1.54) is 19.3 Å². The molecule has 3 atom stereocenters. The minimum absolute atomic E-state index is 0.338. The summed E-state index contributed by atoms with van der Waals surface area (Å²) in [6, 6.07) is 9.69. The van der Waals surface area contributed by atoms with Crippen molar-refractivity contribution in [2.45, 2.75) is 31.8 Å². The van der Waals surface area contributed by atoms with Crippen LogP contribution < -0.4 is 5.73 Å². The Labute approximate surface area is 115 Å². The molecule has 1 fully saturated rings. The number of hydrogen-bond acceptors (Lipinski definition) is 3. The van der Waals surface area contributed by atoms with Crippen molar-refractivity contribution in [3.05, 3.63) is 35.9 Å². The van der Waals surface area contributed by atoms with E-state index in [-0.39, 0.29) is 0 Å². The molecule has 1 saturated carbocycles. The first-order chi connectivity index (χ1) is 9.13. The van der Waals surface area contributed by atoms with Gasteiger partial charge in [-0.2, -0.15) is 0 Å². The predicted octanol–water partition coefficient (Wildman–Crippen LogP) is 2.29. The first kappa shape index (κ1) is 14.5. The highest BCUT2D eigenvalue weighted by Gasteiger charge is 2.28. The summed E-state index contributed by atoms with van der Waals surface area (Å²) in [7, 11) is 0. The molecule has 19 heavy (non-hydrogen) atoms. The SMILES string of the molecule is CC(O)(COCC1CCCC1CN)c1ccccc1. The van der Waals surface area contributed by atoms with Gasteiger partial charge in [0.15, 0.2) is 0 Å². The number of rotatable bonds is 6. The van der Waals surface area contributed by atoms with Crippen LogP contribution in [-0.2, 0) is 10.3 Å². The van der Waals surface area contributed by atoms with Crippen LogP contribution in [0.5, 0.6) is 0 Å². The van der Waals surface area contributed by atoms with Crippen molar-refractivity contribution in [1.29, 1.82) is 0 Å². The van der Waals surface area contributed by atoms with Crippen LogP contribution in [0.3, 0.4) is 0 Å². The molecule has 0 aromatic heterocycles. The Balaban J connectivity index is 1.82. The summed E-state index contributed by atoms with van der Waals surface area (Å²) in [6.07, 6.45) is 3.68. The summed E-state index contributed by atoms with van der Waals surface area (Å²) in [6.45, 7) is 3.61. The Bertz CT molecular complexity index is 378. The molecule has 2 rings (SSSR count). The maximum atomic E-state index is 10.4. The molecule has 3 N–H and O–H groups in total. The zero-order valence-electron chi connectivity index (χ0n) is 11.7. The second-order valence-corrected chi connectivity index (χ2v) is 5.84. The molecule has 0 saturated heterocycles. The van der Waals surface area contributed by atoms with Crippen LogP contribution in [0.2, 0.25) is 0 Å². The van der Waals surface area contributed by atoms with Gasteiger partial charge in [0.25, 0.3) is 0 Å². The fourth-order valence-electron chi connectivity index (χ4n) is 2.93. The monoisotopic (exact) mass is 263 g/mol. The number of aliphatic hydroxyl groups is 1. The highest BCUT2D eigenvalue weighted by atomic mass is 16.5. The topological polar surface area (TPSA) is 55.5 Å². The normalized spacial score (nSPS) is 26.3. The molecular formula is C16H25NO2. The summed E-state index contributed by atoms with van der Waals surface area (Å²) in [5.74, 6) is 1.17. The second kappa shape index (κ2) is 6.51. The van der Waals surface area contributed by atoms with Crippen LogP contribution in [0.1, 0.15) is 31.7 Å². The Morgan fingerprint density at radius 1 is 1.26 bits per heavy atom. The number of nitrogens with two attached hydrogens (primary N) is 1. The summed E-state index contributed by atoms with van der Waals surface area (Å²) in [4.78, 5) is 0. The van der Waals surface area contributed by atoms with Gasteiger partial charge in [-0.25, -0.2) is 0 Å². The molecule has 3 unspecified atom stereocenters. The summed E-state index contributed by atoms with van der Waals surface area (Å²) in [5.41, 5.74) is 5.75. The molecule has 0 aliphatic heterocycles. The lowest BCUT2D eigenvalue weighted by molar-refractivity contribution is -0.0488.